The van der Waals surface area contributed by atoms with Crippen molar-refractivity contribution in [2.75, 3.05) is 5.32 Å². The fourth-order valence-electron chi connectivity index (χ4n) is 2.96. The van der Waals surface area contributed by atoms with E-state index in [0.717, 1.165) is 35.5 Å². The minimum absolute atomic E-state index is 0.0604. The van der Waals surface area contributed by atoms with E-state index in [4.69, 9.17) is 0 Å². The SMILES string of the molecule is CC(=O)NC1(c2cc(NC(=O)CCc3scnc3C)n[nH]2)CCC1. The zero-order valence-electron chi connectivity index (χ0n) is 13.8. The van der Waals surface area contributed by atoms with E-state index >= 15 is 0 Å². The van der Waals surface area contributed by atoms with E-state index in [2.05, 4.69) is 25.8 Å². The highest BCUT2D eigenvalue weighted by Gasteiger charge is 2.41. The van der Waals surface area contributed by atoms with Crippen LogP contribution in [0.5, 0.6) is 0 Å². The van der Waals surface area contributed by atoms with Crippen molar-refractivity contribution >= 4 is 29.0 Å². The van der Waals surface area contributed by atoms with Gasteiger partial charge in [0.2, 0.25) is 11.8 Å². The van der Waals surface area contributed by atoms with Crippen LogP contribution in [0.4, 0.5) is 5.82 Å². The van der Waals surface area contributed by atoms with Crippen LogP contribution in [0.2, 0.25) is 0 Å². The Labute approximate surface area is 144 Å². The predicted octanol–water partition coefficient (Wildman–Crippen LogP) is 2.26. The summed E-state index contributed by atoms with van der Waals surface area (Å²) in [6.07, 6.45) is 3.90. The fraction of sp³-hybridized carbons (Fsp3) is 0.500. The molecule has 2 aromatic heterocycles. The van der Waals surface area contributed by atoms with Crippen molar-refractivity contribution in [1.82, 2.24) is 20.5 Å². The number of hydrogen-bond donors (Lipinski definition) is 3. The molecule has 0 bridgehead atoms. The standard InChI is InChI=1S/C16H21N5O2S/c1-10-12(24-9-17-10)4-5-15(23)18-14-8-13(20-21-14)16(6-3-7-16)19-11(2)22/h8-9H,3-7H2,1-2H3,(H,19,22)(H2,18,20,21,23). The van der Waals surface area contributed by atoms with Crippen LogP contribution in [0.15, 0.2) is 11.6 Å². The first-order valence-corrected chi connectivity index (χ1v) is 8.90. The Morgan fingerprint density at radius 2 is 2.21 bits per heavy atom. The van der Waals surface area contributed by atoms with E-state index in [1.165, 1.54) is 6.92 Å². The average Bonchev–Trinajstić information content (AvgIpc) is 3.10. The lowest BCUT2D eigenvalue weighted by Crippen LogP contribution is -2.50. The van der Waals surface area contributed by atoms with Gasteiger partial charge in [-0.3, -0.25) is 14.7 Å². The lowest BCUT2D eigenvalue weighted by Gasteiger charge is -2.41. The number of anilines is 1. The highest BCUT2D eigenvalue weighted by molar-refractivity contribution is 7.09. The summed E-state index contributed by atoms with van der Waals surface area (Å²) in [5.41, 5.74) is 3.26. The normalized spacial score (nSPS) is 15.6. The molecule has 0 unspecified atom stereocenters. The summed E-state index contributed by atoms with van der Waals surface area (Å²) in [5, 5.41) is 12.9. The van der Waals surface area contributed by atoms with E-state index in [1.807, 2.05) is 13.0 Å². The zero-order chi connectivity index (χ0) is 17.2. The van der Waals surface area contributed by atoms with Crippen molar-refractivity contribution in [2.45, 2.75) is 51.5 Å². The van der Waals surface area contributed by atoms with Crippen LogP contribution >= 0.6 is 11.3 Å². The molecule has 0 aromatic carbocycles. The molecule has 1 fully saturated rings. The fourth-order valence-corrected chi connectivity index (χ4v) is 3.74. The van der Waals surface area contributed by atoms with Crippen LogP contribution in [0, 0.1) is 6.92 Å². The molecule has 3 N–H and O–H groups in total. The van der Waals surface area contributed by atoms with Crippen LogP contribution in [-0.2, 0) is 21.5 Å². The Kier molecular flexibility index (Phi) is 4.66. The van der Waals surface area contributed by atoms with E-state index in [1.54, 1.807) is 16.8 Å². The lowest BCUT2D eigenvalue weighted by molar-refractivity contribution is -0.122. The van der Waals surface area contributed by atoms with Crippen molar-refractivity contribution in [3.63, 3.8) is 0 Å². The predicted molar refractivity (Wildman–Crippen MR) is 91.7 cm³/mol. The molecule has 2 heterocycles. The third-order valence-corrected chi connectivity index (χ3v) is 5.40. The molecule has 0 radical (unpaired) electrons. The number of amides is 2. The second kappa shape index (κ2) is 6.72. The first kappa shape index (κ1) is 16.6. The van der Waals surface area contributed by atoms with Gasteiger partial charge in [0.05, 0.1) is 22.4 Å². The number of H-pyrrole nitrogens is 1. The molecule has 7 nitrogen and oxygen atoms in total. The van der Waals surface area contributed by atoms with Crippen LogP contribution in [0.1, 0.15) is 48.9 Å². The molecule has 128 valence electrons. The first-order chi connectivity index (χ1) is 11.5. The number of aromatic nitrogens is 3. The topological polar surface area (TPSA) is 99.8 Å². The number of nitrogens with zero attached hydrogens (tertiary/aromatic N) is 2. The first-order valence-electron chi connectivity index (χ1n) is 8.02. The largest absolute Gasteiger partial charge is 0.345 e. The second-order valence-electron chi connectivity index (χ2n) is 6.19. The van der Waals surface area contributed by atoms with Crippen molar-refractivity contribution < 1.29 is 9.59 Å². The molecule has 2 aromatic rings. The lowest BCUT2D eigenvalue weighted by atomic mass is 9.74. The smallest absolute Gasteiger partial charge is 0.225 e. The third-order valence-electron chi connectivity index (χ3n) is 4.41. The Bertz CT molecular complexity index is 747. The van der Waals surface area contributed by atoms with Crippen molar-refractivity contribution in [3.8, 4) is 0 Å². The summed E-state index contributed by atoms with van der Waals surface area (Å²) in [4.78, 5) is 28.8. The molecule has 0 aliphatic heterocycles. The molecule has 0 saturated heterocycles. The van der Waals surface area contributed by atoms with Crippen molar-refractivity contribution in [3.05, 3.63) is 27.8 Å². The molecule has 1 aliphatic carbocycles. The number of rotatable bonds is 6. The number of thiazole rings is 1. The Hall–Kier alpha value is -2.22. The van der Waals surface area contributed by atoms with E-state index < -0.39 is 0 Å². The minimum atomic E-state index is -0.360. The number of nitrogens with one attached hydrogen (secondary N) is 3. The second-order valence-corrected chi connectivity index (χ2v) is 7.13. The molecule has 0 atom stereocenters. The van der Waals surface area contributed by atoms with Gasteiger partial charge < -0.3 is 10.6 Å². The molecular formula is C16H21N5O2S. The van der Waals surface area contributed by atoms with Crippen LogP contribution in [0.25, 0.3) is 0 Å². The molecule has 1 aliphatic rings. The van der Waals surface area contributed by atoms with Gasteiger partial charge in [-0.15, -0.1) is 11.3 Å². The van der Waals surface area contributed by atoms with Gasteiger partial charge >= 0.3 is 0 Å². The number of aryl methyl sites for hydroxylation is 2. The van der Waals surface area contributed by atoms with E-state index in [-0.39, 0.29) is 17.4 Å². The minimum Gasteiger partial charge on any atom is -0.345 e. The van der Waals surface area contributed by atoms with Gasteiger partial charge in [-0.2, -0.15) is 5.10 Å². The maximum Gasteiger partial charge on any atom is 0.225 e. The van der Waals surface area contributed by atoms with Crippen LogP contribution in [-0.4, -0.2) is 27.0 Å². The molecule has 3 rings (SSSR count). The van der Waals surface area contributed by atoms with Gasteiger partial charge in [0.1, 0.15) is 0 Å². The van der Waals surface area contributed by atoms with Gasteiger partial charge in [0.25, 0.3) is 0 Å². The Balaban J connectivity index is 1.58. The number of carbonyl (C=O) groups is 2. The van der Waals surface area contributed by atoms with E-state index in [9.17, 15) is 9.59 Å². The van der Waals surface area contributed by atoms with E-state index in [0.29, 0.717) is 18.7 Å². The summed E-state index contributed by atoms with van der Waals surface area (Å²) in [6.45, 7) is 3.46. The number of carbonyl (C=O) groups excluding carboxylic acids is 2. The summed E-state index contributed by atoms with van der Waals surface area (Å²) >= 11 is 1.57. The molecule has 24 heavy (non-hydrogen) atoms. The number of aromatic amines is 1. The average molecular weight is 347 g/mol. The monoisotopic (exact) mass is 347 g/mol. The molecular weight excluding hydrogens is 326 g/mol. The quantitative estimate of drug-likeness (QED) is 0.746. The maximum absolute atomic E-state index is 12.1. The van der Waals surface area contributed by atoms with Crippen LogP contribution in [0.3, 0.4) is 0 Å². The third kappa shape index (κ3) is 3.48. The number of hydrogen-bond acceptors (Lipinski definition) is 5. The molecule has 2 amide bonds. The van der Waals surface area contributed by atoms with Gasteiger partial charge in [0.15, 0.2) is 5.82 Å². The van der Waals surface area contributed by atoms with Crippen molar-refractivity contribution in [2.24, 2.45) is 0 Å². The summed E-state index contributed by atoms with van der Waals surface area (Å²) < 4.78 is 0. The van der Waals surface area contributed by atoms with Gasteiger partial charge in [-0.25, -0.2) is 4.98 Å². The highest BCUT2D eigenvalue weighted by atomic mass is 32.1. The summed E-state index contributed by atoms with van der Waals surface area (Å²) in [5.74, 6) is 0.352. The van der Waals surface area contributed by atoms with Gasteiger partial charge in [0, 0.05) is 24.3 Å². The molecule has 1 saturated carbocycles. The highest BCUT2D eigenvalue weighted by Crippen LogP contribution is 2.40. The molecule has 8 heteroatoms. The zero-order valence-corrected chi connectivity index (χ0v) is 14.6. The van der Waals surface area contributed by atoms with Crippen LogP contribution < -0.4 is 10.6 Å². The van der Waals surface area contributed by atoms with Gasteiger partial charge in [-0.1, -0.05) is 0 Å². The maximum atomic E-state index is 12.1. The summed E-state index contributed by atoms with van der Waals surface area (Å²) in [7, 11) is 0. The van der Waals surface area contributed by atoms with Crippen molar-refractivity contribution in [1.29, 1.82) is 0 Å². The summed E-state index contributed by atoms with van der Waals surface area (Å²) in [6, 6.07) is 1.81. The Morgan fingerprint density at radius 3 is 2.79 bits per heavy atom. The molecule has 0 spiro atoms. The Morgan fingerprint density at radius 1 is 1.42 bits per heavy atom. The van der Waals surface area contributed by atoms with Gasteiger partial charge in [-0.05, 0) is 32.6 Å².